The topological polar surface area (TPSA) is 74.8 Å². The second-order valence-corrected chi connectivity index (χ2v) is 9.50. The Hall–Kier alpha value is -2.65. The summed E-state index contributed by atoms with van der Waals surface area (Å²) in [5.74, 6) is -2.43. The number of anilines is 1. The van der Waals surface area contributed by atoms with Gasteiger partial charge in [-0.15, -0.1) is 0 Å². The van der Waals surface area contributed by atoms with Crippen LogP contribution >= 0.6 is 0 Å². The van der Waals surface area contributed by atoms with Crippen molar-refractivity contribution in [3.63, 3.8) is 0 Å². The molecule has 1 aliphatic heterocycles. The normalized spacial score (nSPS) is 18.0. The average Bonchev–Trinajstić information content (AvgIpc) is 2.89. The molecular weight excluding hydrogens is 402 g/mol. The van der Waals surface area contributed by atoms with Crippen LogP contribution in [0.1, 0.15) is 27.2 Å². The predicted octanol–water partition coefficient (Wildman–Crippen LogP) is 3.09. The van der Waals surface area contributed by atoms with E-state index in [2.05, 4.69) is 0 Å². The first kappa shape index (κ1) is 21.1. The van der Waals surface area contributed by atoms with Crippen LogP contribution in [0.25, 0.3) is 0 Å². The summed E-state index contributed by atoms with van der Waals surface area (Å²) in [5.41, 5.74) is -0.885. The Balaban J connectivity index is 2.04. The van der Waals surface area contributed by atoms with Gasteiger partial charge in [0.05, 0.1) is 17.0 Å². The van der Waals surface area contributed by atoms with Gasteiger partial charge in [0.15, 0.2) is 0 Å². The van der Waals surface area contributed by atoms with Gasteiger partial charge < -0.3 is 0 Å². The molecule has 154 valence electrons. The summed E-state index contributed by atoms with van der Waals surface area (Å²) >= 11 is 0. The van der Waals surface area contributed by atoms with Crippen molar-refractivity contribution in [1.29, 1.82) is 0 Å². The van der Waals surface area contributed by atoms with Gasteiger partial charge in [-0.25, -0.2) is 22.1 Å². The minimum Gasteiger partial charge on any atom is -0.274 e. The summed E-state index contributed by atoms with van der Waals surface area (Å²) in [6.07, 6.45) is -0.353. The van der Waals surface area contributed by atoms with Gasteiger partial charge in [0.2, 0.25) is 15.9 Å². The Bertz CT molecular complexity index is 1050. The summed E-state index contributed by atoms with van der Waals surface area (Å²) < 4.78 is 54.0. The highest BCUT2D eigenvalue weighted by atomic mass is 32.2. The first-order chi connectivity index (χ1) is 13.4. The molecule has 0 saturated carbocycles. The molecule has 2 amide bonds. The quantitative estimate of drug-likeness (QED) is 0.710. The number of hydrogen-bond acceptors (Lipinski definition) is 4. The summed E-state index contributed by atoms with van der Waals surface area (Å²) in [6, 6.07) is 7.76. The lowest BCUT2D eigenvalue weighted by Gasteiger charge is -2.37. The third-order valence-corrected chi connectivity index (χ3v) is 6.71. The van der Waals surface area contributed by atoms with E-state index >= 15 is 0 Å². The fourth-order valence-corrected chi connectivity index (χ4v) is 5.30. The molecule has 0 bridgehead atoms. The molecular formula is C20H20F2N2O4S. The Kier molecular flexibility index (Phi) is 5.31. The van der Waals surface area contributed by atoms with E-state index in [1.165, 1.54) is 12.1 Å². The van der Waals surface area contributed by atoms with Crippen molar-refractivity contribution in [3.8, 4) is 0 Å². The number of carbonyl (C=O) groups is 2. The maximum absolute atomic E-state index is 13.3. The zero-order valence-electron chi connectivity index (χ0n) is 16.1. The number of amides is 2. The van der Waals surface area contributed by atoms with E-state index in [-0.39, 0.29) is 17.0 Å². The van der Waals surface area contributed by atoms with Crippen LogP contribution in [0.4, 0.5) is 14.5 Å². The van der Waals surface area contributed by atoms with E-state index in [1.54, 1.807) is 20.8 Å². The standard InChI is InChI=1S/C20H20F2N2O4S/c1-20(2,3)24(29(27,28)16-10-6-14(22)7-11-16)17-12-18(25)23(19(17)26)15-8-4-13(21)5-9-15/h4-11,17H,12H2,1-3H3. The summed E-state index contributed by atoms with van der Waals surface area (Å²) in [5, 5.41) is 0. The first-order valence-corrected chi connectivity index (χ1v) is 10.3. The van der Waals surface area contributed by atoms with Crippen molar-refractivity contribution in [2.75, 3.05) is 4.90 Å². The van der Waals surface area contributed by atoms with E-state index in [4.69, 9.17) is 0 Å². The largest absolute Gasteiger partial charge is 0.274 e. The Morgan fingerprint density at radius 3 is 1.90 bits per heavy atom. The molecule has 1 aliphatic rings. The number of benzene rings is 2. The van der Waals surface area contributed by atoms with Gasteiger partial charge in [-0.2, -0.15) is 4.31 Å². The minimum absolute atomic E-state index is 0.164. The lowest BCUT2D eigenvalue weighted by Crippen LogP contribution is -2.54. The third-order valence-electron chi connectivity index (χ3n) is 4.52. The highest BCUT2D eigenvalue weighted by Crippen LogP contribution is 2.34. The smallest absolute Gasteiger partial charge is 0.252 e. The second-order valence-electron chi connectivity index (χ2n) is 7.69. The summed E-state index contributed by atoms with van der Waals surface area (Å²) in [4.78, 5) is 26.3. The van der Waals surface area contributed by atoms with Gasteiger partial charge in [0, 0.05) is 5.54 Å². The van der Waals surface area contributed by atoms with Crippen LogP contribution in [-0.2, 0) is 19.6 Å². The van der Waals surface area contributed by atoms with Gasteiger partial charge in [-0.3, -0.25) is 9.59 Å². The van der Waals surface area contributed by atoms with Crippen molar-refractivity contribution in [3.05, 3.63) is 60.2 Å². The summed E-state index contributed by atoms with van der Waals surface area (Å²) in [7, 11) is -4.22. The molecule has 0 aliphatic carbocycles. The number of rotatable bonds is 4. The molecule has 1 heterocycles. The fraction of sp³-hybridized carbons (Fsp3) is 0.300. The predicted molar refractivity (Wildman–Crippen MR) is 102 cm³/mol. The second kappa shape index (κ2) is 7.31. The van der Waals surface area contributed by atoms with Gasteiger partial charge in [-0.1, -0.05) is 0 Å². The van der Waals surface area contributed by atoms with Crippen molar-refractivity contribution >= 4 is 27.5 Å². The van der Waals surface area contributed by atoms with Gasteiger partial charge in [0.1, 0.15) is 17.7 Å². The van der Waals surface area contributed by atoms with Crippen LogP contribution in [0.15, 0.2) is 53.4 Å². The number of carbonyl (C=O) groups excluding carboxylic acids is 2. The van der Waals surface area contributed by atoms with E-state index in [0.717, 1.165) is 45.6 Å². The van der Waals surface area contributed by atoms with Crippen LogP contribution < -0.4 is 4.90 Å². The number of nitrogens with zero attached hydrogens (tertiary/aromatic N) is 2. The fourth-order valence-electron chi connectivity index (χ4n) is 3.38. The van der Waals surface area contributed by atoms with E-state index in [1.807, 2.05) is 0 Å². The van der Waals surface area contributed by atoms with Crippen molar-refractivity contribution in [1.82, 2.24) is 4.31 Å². The number of halogens is 2. The highest BCUT2D eigenvalue weighted by Gasteiger charge is 2.50. The lowest BCUT2D eigenvalue weighted by molar-refractivity contribution is -0.122. The van der Waals surface area contributed by atoms with Crippen molar-refractivity contribution in [2.24, 2.45) is 0 Å². The van der Waals surface area contributed by atoms with E-state index in [9.17, 15) is 26.8 Å². The first-order valence-electron chi connectivity index (χ1n) is 8.85. The number of hydrogen-bond donors (Lipinski definition) is 0. The molecule has 2 aromatic carbocycles. The van der Waals surface area contributed by atoms with Crippen LogP contribution in [0, 0.1) is 11.6 Å². The zero-order valence-corrected chi connectivity index (χ0v) is 16.9. The average molecular weight is 422 g/mol. The van der Waals surface area contributed by atoms with E-state index in [0.29, 0.717) is 0 Å². The van der Waals surface area contributed by atoms with Gasteiger partial charge in [-0.05, 0) is 69.3 Å². The molecule has 1 saturated heterocycles. The Labute approximate surface area is 167 Å². The highest BCUT2D eigenvalue weighted by molar-refractivity contribution is 7.89. The molecule has 0 spiro atoms. The molecule has 0 radical (unpaired) electrons. The molecule has 9 heteroatoms. The molecule has 1 atom stereocenters. The monoisotopic (exact) mass is 422 g/mol. The maximum Gasteiger partial charge on any atom is 0.252 e. The number of sulfonamides is 1. The van der Waals surface area contributed by atoms with Gasteiger partial charge >= 0.3 is 0 Å². The van der Waals surface area contributed by atoms with Crippen LogP contribution in [0.5, 0.6) is 0 Å². The maximum atomic E-state index is 13.3. The molecule has 6 nitrogen and oxygen atoms in total. The van der Waals surface area contributed by atoms with E-state index < -0.39 is 45.1 Å². The summed E-state index contributed by atoms with van der Waals surface area (Å²) in [6.45, 7) is 4.81. The molecule has 1 unspecified atom stereocenters. The van der Waals surface area contributed by atoms with Gasteiger partial charge in [0.25, 0.3) is 5.91 Å². The number of imide groups is 1. The lowest BCUT2D eigenvalue weighted by atomic mass is 10.1. The molecule has 29 heavy (non-hydrogen) atoms. The molecule has 3 rings (SSSR count). The Morgan fingerprint density at radius 2 is 1.41 bits per heavy atom. The zero-order chi connectivity index (χ0) is 21.6. The SMILES string of the molecule is CC(C)(C)N(C1CC(=O)N(c2ccc(F)cc2)C1=O)S(=O)(=O)c1ccc(F)cc1. The van der Waals surface area contributed by atoms with Crippen molar-refractivity contribution in [2.45, 2.75) is 43.7 Å². The molecule has 0 aromatic heterocycles. The molecule has 2 aromatic rings. The van der Waals surface area contributed by atoms with Crippen molar-refractivity contribution < 1.29 is 26.8 Å². The van der Waals surface area contributed by atoms with Crippen LogP contribution in [0.3, 0.4) is 0 Å². The molecule has 1 fully saturated rings. The molecule has 0 N–H and O–H groups in total. The van der Waals surface area contributed by atoms with Crippen LogP contribution in [0.2, 0.25) is 0 Å². The minimum atomic E-state index is -4.22. The van der Waals surface area contributed by atoms with Crippen LogP contribution in [-0.4, -0.2) is 36.1 Å². The third kappa shape index (κ3) is 3.92. The Morgan fingerprint density at radius 1 is 0.931 bits per heavy atom.